The van der Waals surface area contributed by atoms with E-state index in [-0.39, 0.29) is 5.69 Å². The molecule has 1 rings (SSSR count). The van der Waals surface area contributed by atoms with Crippen LogP contribution in [0.15, 0.2) is 18.2 Å². The summed E-state index contributed by atoms with van der Waals surface area (Å²) in [6.45, 7) is 3.91. The van der Waals surface area contributed by atoms with Crippen molar-refractivity contribution in [1.29, 1.82) is 0 Å². The summed E-state index contributed by atoms with van der Waals surface area (Å²) in [6.07, 6.45) is -5.69. The Morgan fingerprint density at radius 1 is 1.22 bits per heavy atom. The average molecular weight is 335 g/mol. The van der Waals surface area contributed by atoms with E-state index in [2.05, 4.69) is 10.1 Å². The first-order valence-corrected chi connectivity index (χ1v) is 6.44. The molecule has 0 aliphatic heterocycles. The predicted octanol–water partition coefficient (Wildman–Crippen LogP) is 3.52. The molecule has 0 radical (unpaired) electrons. The van der Waals surface area contributed by atoms with Crippen molar-refractivity contribution in [3.05, 3.63) is 23.8 Å². The molecule has 0 aliphatic rings. The highest BCUT2D eigenvalue weighted by atomic mass is 19.4. The van der Waals surface area contributed by atoms with E-state index >= 15 is 0 Å². The first-order valence-electron chi connectivity index (χ1n) is 6.44. The molecule has 0 aliphatic carbocycles. The van der Waals surface area contributed by atoms with Crippen LogP contribution in [0, 0.1) is 0 Å². The summed E-state index contributed by atoms with van der Waals surface area (Å²) in [4.78, 5) is 22.0. The maximum atomic E-state index is 13.0. The first-order chi connectivity index (χ1) is 10.4. The molecular weight excluding hydrogens is 319 g/mol. The second-order valence-electron chi connectivity index (χ2n) is 5.52. The number of aliphatic carboxylic acids is 1. The van der Waals surface area contributed by atoms with Crippen LogP contribution in [0.4, 0.5) is 23.7 Å². The summed E-state index contributed by atoms with van der Waals surface area (Å²) in [6, 6.07) is 2.72. The Balaban J connectivity index is 3.00. The number of halogens is 3. The molecule has 0 aromatic heterocycles. The Morgan fingerprint density at radius 3 is 2.30 bits per heavy atom. The van der Waals surface area contributed by atoms with Crippen molar-refractivity contribution >= 4 is 17.7 Å². The predicted molar refractivity (Wildman–Crippen MR) is 74.4 cm³/mol. The van der Waals surface area contributed by atoms with Crippen molar-refractivity contribution < 1.29 is 37.3 Å². The second-order valence-corrected chi connectivity index (χ2v) is 5.52. The third-order valence-corrected chi connectivity index (χ3v) is 2.28. The van der Waals surface area contributed by atoms with E-state index in [1.165, 1.54) is 0 Å². The lowest BCUT2D eigenvalue weighted by atomic mass is 10.1. The molecule has 0 spiro atoms. The zero-order chi connectivity index (χ0) is 17.8. The summed E-state index contributed by atoms with van der Waals surface area (Å²) >= 11 is 0. The zero-order valence-electron chi connectivity index (χ0n) is 12.7. The minimum absolute atomic E-state index is 0.158. The van der Waals surface area contributed by atoms with E-state index in [1.807, 2.05) is 0 Å². The van der Waals surface area contributed by atoms with Gasteiger partial charge in [0, 0.05) is 5.69 Å². The summed E-state index contributed by atoms with van der Waals surface area (Å²) in [5.41, 5.74) is -2.16. The van der Waals surface area contributed by atoms with Gasteiger partial charge < -0.3 is 14.6 Å². The molecule has 9 heteroatoms. The molecule has 0 saturated carbocycles. The van der Waals surface area contributed by atoms with E-state index in [0.717, 1.165) is 12.1 Å². The number of hydrogen-bond donors (Lipinski definition) is 2. The number of alkyl halides is 3. The number of anilines is 1. The molecule has 0 fully saturated rings. The standard InChI is InChI=1S/C14H16F3NO5/c1-13(2,3)23-12(21)18-8-4-5-10(22-7-11(19)20)9(6-8)14(15,16)17/h4-6H,7H2,1-3H3,(H,18,21)(H,19,20). The lowest BCUT2D eigenvalue weighted by Gasteiger charge is -2.20. The van der Waals surface area contributed by atoms with Gasteiger partial charge in [0.2, 0.25) is 0 Å². The number of carboxylic acid groups (broad SMARTS) is 1. The summed E-state index contributed by atoms with van der Waals surface area (Å²) in [5, 5.41) is 10.6. The van der Waals surface area contributed by atoms with Gasteiger partial charge in [0.1, 0.15) is 11.4 Å². The fraction of sp³-hybridized carbons (Fsp3) is 0.429. The lowest BCUT2D eigenvalue weighted by molar-refractivity contribution is -0.143. The third-order valence-electron chi connectivity index (χ3n) is 2.28. The Kier molecular flexibility index (Phi) is 5.46. The van der Waals surface area contributed by atoms with Crippen molar-refractivity contribution in [2.45, 2.75) is 32.5 Å². The molecule has 23 heavy (non-hydrogen) atoms. The molecule has 1 aromatic rings. The van der Waals surface area contributed by atoms with Gasteiger partial charge in [0.05, 0.1) is 5.56 Å². The molecule has 0 unspecified atom stereocenters. The molecule has 1 aromatic carbocycles. The number of amides is 1. The van der Waals surface area contributed by atoms with Crippen molar-refractivity contribution in [2.75, 3.05) is 11.9 Å². The smallest absolute Gasteiger partial charge is 0.420 e. The van der Waals surface area contributed by atoms with Crippen LogP contribution in [-0.4, -0.2) is 29.4 Å². The van der Waals surface area contributed by atoms with Gasteiger partial charge in [-0.3, -0.25) is 5.32 Å². The normalized spacial score (nSPS) is 11.7. The number of hydrogen-bond acceptors (Lipinski definition) is 4. The van der Waals surface area contributed by atoms with E-state index in [9.17, 15) is 22.8 Å². The van der Waals surface area contributed by atoms with Crippen LogP contribution in [0.3, 0.4) is 0 Å². The van der Waals surface area contributed by atoms with E-state index in [1.54, 1.807) is 20.8 Å². The van der Waals surface area contributed by atoms with Crippen LogP contribution in [0.5, 0.6) is 5.75 Å². The van der Waals surface area contributed by atoms with Gasteiger partial charge in [-0.05, 0) is 39.0 Å². The Morgan fingerprint density at radius 2 is 1.83 bits per heavy atom. The Hall–Kier alpha value is -2.45. The Labute approximate surface area is 130 Å². The fourth-order valence-electron chi connectivity index (χ4n) is 1.52. The number of carbonyl (C=O) groups is 2. The van der Waals surface area contributed by atoms with Gasteiger partial charge >= 0.3 is 18.2 Å². The number of nitrogens with one attached hydrogen (secondary N) is 1. The van der Waals surface area contributed by atoms with Gasteiger partial charge in [-0.2, -0.15) is 13.2 Å². The summed E-state index contributed by atoms with van der Waals surface area (Å²) in [7, 11) is 0. The highest BCUT2D eigenvalue weighted by Crippen LogP contribution is 2.38. The zero-order valence-corrected chi connectivity index (χ0v) is 12.7. The Bertz CT molecular complexity index is 593. The molecule has 0 atom stereocenters. The van der Waals surface area contributed by atoms with Crippen LogP contribution >= 0.6 is 0 Å². The van der Waals surface area contributed by atoms with Crippen molar-refractivity contribution in [1.82, 2.24) is 0 Å². The highest BCUT2D eigenvalue weighted by Gasteiger charge is 2.35. The average Bonchev–Trinajstić information content (AvgIpc) is 2.33. The largest absolute Gasteiger partial charge is 0.481 e. The number of ether oxygens (including phenoxy) is 2. The van der Waals surface area contributed by atoms with Crippen molar-refractivity contribution in [3.8, 4) is 5.75 Å². The second kappa shape index (κ2) is 6.76. The lowest BCUT2D eigenvalue weighted by Crippen LogP contribution is -2.27. The maximum absolute atomic E-state index is 13.0. The molecule has 2 N–H and O–H groups in total. The van der Waals surface area contributed by atoms with Crippen LogP contribution in [-0.2, 0) is 15.7 Å². The molecule has 128 valence electrons. The van der Waals surface area contributed by atoms with Crippen LogP contribution in [0.25, 0.3) is 0 Å². The number of rotatable bonds is 4. The molecule has 0 bridgehead atoms. The molecule has 6 nitrogen and oxygen atoms in total. The van der Waals surface area contributed by atoms with Gasteiger partial charge in [-0.1, -0.05) is 0 Å². The first kappa shape index (κ1) is 18.6. The minimum atomic E-state index is -4.78. The van der Waals surface area contributed by atoms with E-state index < -0.39 is 41.8 Å². The fourth-order valence-corrected chi connectivity index (χ4v) is 1.52. The van der Waals surface area contributed by atoms with Gasteiger partial charge in [0.25, 0.3) is 0 Å². The SMILES string of the molecule is CC(C)(C)OC(=O)Nc1ccc(OCC(=O)O)c(C(F)(F)F)c1. The topological polar surface area (TPSA) is 84.9 Å². The number of benzene rings is 1. The minimum Gasteiger partial charge on any atom is -0.481 e. The molecule has 1 amide bonds. The van der Waals surface area contributed by atoms with Gasteiger partial charge in [0.15, 0.2) is 6.61 Å². The van der Waals surface area contributed by atoms with Crippen molar-refractivity contribution in [3.63, 3.8) is 0 Å². The van der Waals surface area contributed by atoms with Crippen molar-refractivity contribution in [2.24, 2.45) is 0 Å². The van der Waals surface area contributed by atoms with Crippen LogP contribution in [0.1, 0.15) is 26.3 Å². The van der Waals surface area contributed by atoms with Crippen LogP contribution in [0.2, 0.25) is 0 Å². The molecule has 0 saturated heterocycles. The van der Waals surface area contributed by atoms with Gasteiger partial charge in [-0.15, -0.1) is 0 Å². The molecule has 0 heterocycles. The highest BCUT2D eigenvalue weighted by molar-refractivity contribution is 5.85. The number of carboxylic acids is 1. The summed E-state index contributed by atoms with van der Waals surface area (Å²) in [5.74, 6) is -2.05. The van der Waals surface area contributed by atoms with Crippen LogP contribution < -0.4 is 10.1 Å². The number of carbonyl (C=O) groups excluding carboxylic acids is 1. The quantitative estimate of drug-likeness (QED) is 0.879. The maximum Gasteiger partial charge on any atom is 0.420 e. The van der Waals surface area contributed by atoms with E-state index in [0.29, 0.717) is 6.07 Å². The third kappa shape index (κ3) is 6.45. The van der Waals surface area contributed by atoms with E-state index in [4.69, 9.17) is 9.84 Å². The monoisotopic (exact) mass is 335 g/mol. The summed E-state index contributed by atoms with van der Waals surface area (Å²) < 4.78 is 48.5. The van der Waals surface area contributed by atoms with Gasteiger partial charge in [-0.25, -0.2) is 9.59 Å². The molecular formula is C14H16F3NO5.